The van der Waals surface area contributed by atoms with E-state index in [1.807, 2.05) is 11.3 Å². The molecule has 1 aromatic rings. The molecule has 3 atom stereocenters. The van der Waals surface area contributed by atoms with Crippen molar-refractivity contribution in [2.75, 3.05) is 13.7 Å². The maximum atomic E-state index is 12.6. The van der Waals surface area contributed by atoms with Crippen molar-refractivity contribution in [2.45, 2.75) is 76.8 Å². The Morgan fingerprint density at radius 3 is 2.79 bits per heavy atom. The molecule has 1 saturated carbocycles. The number of thiazole rings is 1. The van der Waals surface area contributed by atoms with Gasteiger partial charge in [0, 0.05) is 17.0 Å². The summed E-state index contributed by atoms with van der Waals surface area (Å²) >= 11 is 1.85. The van der Waals surface area contributed by atoms with Gasteiger partial charge in [-0.3, -0.25) is 9.69 Å². The van der Waals surface area contributed by atoms with Crippen molar-refractivity contribution in [1.29, 1.82) is 0 Å². The Morgan fingerprint density at radius 2 is 1.96 bits per heavy atom. The minimum Gasteiger partial charge on any atom is -0.326 e. The summed E-state index contributed by atoms with van der Waals surface area (Å²) in [4.78, 5) is 23.3. The highest BCUT2D eigenvalue weighted by Gasteiger charge is 2.47. The van der Waals surface area contributed by atoms with E-state index in [0.717, 1.165) is 19.5 Å². The molecule has 0 aromatic carbocycles. The van der Waals surface area contributed by atoms with Crippen molar-refractivity contribution >= 4 is 17.2 Å². The van der Waals surface area contributed by atoms with Crippen LogP contribution in [-0.4, -0.2) is 40.4 Å². The van der Waals surface area contributed by atoms with E-state index >= 15 is 0 Å². The zero-order valence-electron chi connectivity index (χ0n) is 15.0. The molecule has 1 aliphatic heterocycles. The van der Waals surface area contributed by atoms with Crippen molar-refractivity contribution < 1.29 is 4.79 Å². The number of hydrogen-bond donors (Lipinski definition) is 0. The predicted molar refractivity (Wildman–Crippen MR) is 97.0 cm³/mol. The Hall–Kier alpha value is -0.940. The van der Waals surface area contributed by atoms with Crippen LogP contribution in [0.5, 0.6) is 0 Å². The summed E-state index contributed by atoms with van der Waals surface area (Å²) in [5, 5.41) is 1.18. The van der Waals surface area contributed by atoms with Gasteiger partial charge in [-0.2, -0.15) is 0 Å². The monoisotopic (exact) mass is 347 g/mol. The van der Waals surface area contributed by atoms with Crippen LogP contribution in [0.15, 0.2) is 0 Å². The van der Waals surface area contributed by atoms with E-state index in [9.17, 15) is 4.79 Å². The normalized spacial score (nSPS) is 30.4. The van der Waals surface area contributed by atoms with Gasteiger partial charge in [0.1, 0.15) is 0 Å². The number of nitrogens with zero attached hydrogens (tertiary/aromatic N) is 3. The molecule has 0 bridgehead atoms. The molecule has 132 valence electrons. The largest absolute Gasteiger partial charge is 0.326 e. The van der Waals surface area contributed by atoms with Crippen LogP contribution in [-0.2, 0) is 11.2 Å². The average molecular weight is 348 g/mol. The summed E-state index contributed by atoms with van der Waals surface area (Å²) in [7, 11) is 2.19. The highest BCUT2D eigenvalue weighted by atomic mass is 32.1. The van der Waals surface area contributed by atoms with Crippen molar-refractivity contribution in [1.82, 2.24) is 14.8 Å². The van der Waals surface area contributed by atoms with E-state index in [1.54, 1.807) is 0 Å². The third kappa shape index (κ3) is 2.90. The van der Waals surface area contributed by atoms with E-state index < -0.39 is 0 Å². The Kier molecular flexibility index (Phi) is 4.65. The molecular weight excluding hydrogens is 318 g/mol. The summed E-state index contributed by atoms with van der Waals surface area (Å²) in [6, 6.07) is 0.951. The third-order valence-corrected chi connectivity index (χ3v) is 7.28. The van der Waals surface area contributed by atoms with E-state index in [1.165, 1.54) is 60.5 Å². The molecule has 4 nitrogen and oxygen atoms in total. The minimum atomic E-state index is 0.325. The van der Waals surface area contributed by atoms with Crippen LogP contribution < -0.4 is 0 Å². The number of β-lactam (4-membered cyclic amide) rings is 1. The number of amides is 1. The van der Waals surface area contributed by atoms with Crippen LogP contribution >= 0.6 is 11.3 Å². The Morgan fingerprint density at radius 1 is 1.17 bits per heavy atom. The zero-order valence-corrected chi connectivity index (χ0v) is 15.8. The summed E-state index contributed by atoms with van der Waals surface area (Å²) in [5.74, 6) is 0.733. The van der Waals surface area contributed by atoms with E-state index in [0.29, 0.717) is 23.9 Å². The van der Waals surface area contributed by atoms with E-state index in [4.69, 9.17) is 4.98 Å². The van der Waals surface area contributed by atoms with Crippen LogP contribution in [0.25, 0.3) is 0 Å². The maximum Gasteiger partial charge on any atom is 0.229 e. The molecule has 1 aromatic heterocycles. The van der Waals surface area contributed by atoms with Gasteiger partial charge in [0.25, 0.3) is 0 Å². The Balaban J connectivity index is 1.44. The molecule has 3 unspecified atom stereocenters. The number of hydrogen-bond acceptors (Lipinski definition) is 4. The quantitative estimate of drug-likeness (QED) is 0.778. The van der Waals surface area contributed by atoms with Gasteiger partial charge in [-0.05, 0) is 46.1 Å². The van der Waals surface area contributed by atoms with Gasteiger partial charge in [-0.1, -0.05) is 25.7 Å². The second-order valence-electron chi connectivity index (χ2n) is 7.82. The second kappa shape index (κ2) is 6.75. The zero-order chi connectivity index (χ0) is 16.7. The topological polar surface area (TPSA) is 36.4 Å². The van der Waals surface area contributed by atoms with Crippen LogP contribution in [0, 0.1) is 12.8 Å². The lowest BCUT2D eigenvalue weighted by Crippen LogP contribution is -2.63. The first-order valence-electron chi connectivity index (χ1n) is 9.62. The number of fused-ring (bicyclic) bond motifs is 2. The minimum absolute atomic E-state index is 0.325. The molecule has 1 amide bonds. The van der Waals surface area contributed by atoms with Crippen LogP contribution in [0.4, 0.5) is 0 Å². The second-order valence-corrected chi connectivity index (χ2v) is 9.06. The van der Waals surface area contributed by atoms with Crippen LogP contribution in [0.1, 0.15) is 73.0 Å². The molecule has 5 heteroatoms. The van der Waals surface area contributed by atoms with Crippen LogP contribution in [0.3, 0.4) is 0 Å². The molecule has 1 saturated heterocycles. The number of aromatic nitrogens is 1. The molecule has 4 rings (SSSR count). The summed E-state index contributed by atoms with van der Waals surface area (Å²) in [6.07, 6.45) is 11.0. The highest BCUT2D eigenvalue weighted by Crippen LogP contribution is 2.40. The van der Waals surface area contributed by atoms with Gasteiger partial charge in [0.05, 0.1) is 23.3 Å². The van der Waals surface area contributed by atoms with Gasteiger partial charge in [-0.15, -0.1) is 11.3 Å². The van der Waals surface area contributed by atoms with Crippen molar-refractivity contribution in [2.24, 2.45) is 5.92 Å². The van der Waals surface area contributed by atoms with Gasteiger partial charge in [0.2, 0.25) is 5.91 Å². The number of rotatable bonds is 3. The molecule has 0 radical (unpaired) electrons. The molecular formula is C19H29N3OS. The SMILES string of the molecule is Cc1nc2c(s1)C(N(C)CN1C(=O)C3CCCCCCC31)CCC2. The fourth-order valence-electron chi connectivity index (χ4n) is 4.87. The van der Waals surface area contributed by atoms with Gasteiger partial charge in [-0.25, -0.2) is 4.98 Å². The fraction of sp³-hybridized carbons (Fsp3) is 0.789. The Labute approximate surface area is 149 Å². The maximum absolute atomic E-state index is 12.6. The van der Waals surface area contributed by atoms with E-state index in [-0.39, 0.29) is 0 Å². The smallest absolute Gasteiger partial charge is 0.229 e. The summed E-state index contributed by atoms with van der Waals surface area (Å²) in [5.41, 5.74) is 1.30. The first kappa shape index (κ1) is 16.5. The lowest BCUT2D eigenvalue weighted by atomic mass is 9.78. The summed E-state index contributed by atoms with van der Waals surface area (Å²) in [6.45, 7) is 2.90. The molecule has 2 aliphatic carbocycles. The lowest BCUT2D eigenvalue weighted by molar-refractivity contribution is -0.162. The van der Waals surface area contributed by atoms with Gasteiger partial charge in [0.15, 0.2) is 0 Å². The number of carbonyl (C=O) groups excluding carboxylic acids is 1. The highest BCUT2D eigenvalue weighted by molar-refractivity contribution is 7.11. The number of carbonyl (C=O) groups is 1. The third-order valence-electron chi connectivity index (χ3n) is 6.17. The first-order chi connectivity index (χ1) is 11.6. The fourth-order valence-corrected chi connectivity index (χ4v) is 6.05. The van der Waals surface area contributed by atoms with Gasteiger partial charge >= 0.3 is 0 Å². The van der Waals surface area contributed by atoms with Crippen LogP contribution in [0.2, 0.25) is 0 Å². The van der Waals surface area contributed by atoms with Gasteiger partial charge < -0.3 is 4.90 Å². The van der Waals surface area contributed by atoms with E-state index in [2.05, 4.69) is 23.8 Å². The average Bonchev–Trinajstić information content (AvgIpc) is 2.93. The molecule has 2 heterocycles. The Bertz CT molecular complexity index is 614. The lowest BCUT2D eigenvalue weighted by Gasteiger charge is -2.50. The molecule has 0 N–H and O–H groups in total. The molecule has 24 heavy (non-hydrogen) atoms. The number of aryl methyl sites for hydroxylation is 2. The molecule has 2 fully saturated rings. The summed E-state index contributed by atoms with van der Waals surface area (Å²) < 4.78 is 0. The van der Waals surface area contributed by atoms with Crippen molar-refractivity contribution in [3.8, 4) is 0 Å². The number of likely N-dealkylation sites (tertiary alicyclic amines) is 1. The van der Waals surface area contributed by atoms with Crippen molar-refractivity contribution in [3.63, 3.8) is 0 Å². The molecule has 0 spiro atoms. The molecule has 3 aliphatic rings. The predicted octanol–water partition coefficient (Wildman–Crippen LogP) is 3.90. The standard InChI is InChI=1S/C19H29N3OS/c1-13-20-15-9-7-11-17(18(15)24-13)21(2)12-22-16-10-6-4-3-5-8-14(16)19(22)23/h14,16-17H,3-12H2,1-2H3. The van der Waals surface area contributed by atoms with Crippen molar-refractivity contribution in [3.05, 3.63) is 15.6 Å². The first-order valence-corrected chi connectivity index (χ1v) is 10.4.